The van der Waals surface area contributed by atoms with Gasteiger partial charge < -0.3 is 5.11 Å². The first-order valence-corrected chi connectivity index (χ1v) is 3.91. The van der Waals surface area contributed by atoms with Crippen molar-refractivity contribution in [3.63, 3.8) is 0 Å². The SMILES string of the molecule is Cc1cc2c[c]ccc2n1C(=O)O. The van der Waals surface area contributed by atoms with Crippen LogP contribution in [0.5, 0.6) is 0 Å². The average molecular weight is 174 g/mol. The van der Waals surface area contributed by atoms with Crippen molar-refractivity contribution in [1.82, 2.24) is 4.57 Å². The molecule has 0 saturated carbocycles. The highest BCUT2D eigenvalue weighted by molar-refractivity contribution is 5.89. The lowest BCUT2D eigenvalue weighted by atomic mass is 10.2. The number of rotatable bonds is 0. The van der Waals surface area contributed by atoms with Crippen LogP contribution in [0.1, 0.15) is 5.69 Å². The summed E-state index contributed by atoms with van der Waals surface area (Å²) < 4.78 is 1.27. The summed E-state index contributed by atoms with van der Waals surface area (Å²) in [5, 5.41) is 9.81. The summed E-state index contributed by atoms with van der Waals surface area (Å²) in [4.78, 5) is 10.8. The quantitative estimate of drug-likeness (QED) is 0.665. The first-order chi connectivity index (χ1) is 6.20. The van der Waals surface area contributed by atoms with Gasteiger partial charge in [-0.1, -0.05) is 6.07 Å². The maximum absolute atomic E-state index is 10.8. The minimum atomic E-state index is -0.946. The molecule has 0 aliphatic carbocycles. The normalized spacial score (nSPS) is 10.5. The third-order valence-corrected chi connectivity index (χ3v) is 2.02. The molecule has 0 amide bonds. The number of fused-ring (bicyclic) bond motifs is 1. The molecule has 0 bridgehead atoms. The van der Waals surface area contributed by atoms with Crippen LogP contribution in [0.3, 0.4) is 0 Å². The summed E-state index contributed by atoms with van der Waals surface area (Å²) in [6.45, 7) is 1.77. The van der Waals surface area contributed by atoms with Gasteiger partial charge in [0.05, 0.1) is 5.52 Å². The predicted molar refractivity (Wildman–Crippen MR) is 48.9 cm³/mol. The zero-order valence-electron chi connectivity index (χ0n) is 7.11. The molecular weight excluding hydrogens is 166 g/mol. The van der Waals surface area contributed by atoms with Crippen LogP contribution in [0.4, 0.5) is 4.79 Å². The highest BCUT2D eigenvalue weighted by Crippen LogP contribution is 2.18. The molecule has 3 heteroatoms. The van der Waals surface area contributed by atoms with Crippen molar-refractivity contribution in [3.8, 4) is 0 Å². The average Bonchev–Trinajstić information content (AvgIpc) is 2.39. The standard InChI is InChI=1S/C10H8NO2/c1-7-6-8-4-2-3-5-9(8)11(7)10(12)13/h3-6H,1H3,(H,12,13). The lowest BCUT2D eigenvalue weighted by Crippen LogP contribution is -2.08. The van der Waals surface area contributed by atoms with Crippen molar-refractivity contribution >= 4 is 17.0 Å². The highest BCUT2D eigenvalue weighted by atomic mass is 16.4. The maximum atomic E-state index is 10.8. The molecule has 0 aliphatic heterocycles. The zero-order chi connectivity index (χ0) is 9.42. The van der Waals surface area contributed by atoms with E-state index in [9.17, 15) is 4.79 Å². The van der Waals surface area contributed by atoms with E-state index in [1.807, 2.05) is 6.07 Å². The van der Waals surface area contributed by atoms with Crippen LogP contribution < -0.4 is 0 Å². The van der Waals surface area contributed by atoms with E-state index in [2.05, 4.69) is 6.07 Å². The molecular formula is C10H8NO2. The van der Waals surface area contributed by atoms with E-state index in [-0.39, 0.29) is 0 Å². The second-order valence-electron chi connectivity index (χ2n) is 2.89. The Hall–Kier alpha value is -1.77. The van der Waals surface area contributed by atoms with E-state index >= 15 is 0 Å². The molecule has 0 atom stereocenters. The highest BCUT2D eigenvalue weighted by Gasteiger charge is 2.09. The van der Waals surface area contributed by atoms with E-state index in [0.717, 1.165) is 11.1 Å². The Morgan fingerprint density at radius 2 is 2.38 bits per heavy atom. The molecule has 2 aromatic rings. The molecule has 1 aromatic heterocycles. The molecule has 0 aliphatic rings. The fourth-order valence-corrected chi connectivity index (χ4v) is 1.49. The summed E-state index contributed by atoms with van der Waals surface area (Å²) in [7, 11) is 0. The fraction of sp³-hybridized carbons (Fsp3) is 0.100. The Morgan fingerprint density at radius 3 is 3.08 bits per heavy atom. The van der Waals surface area contributed by atoms with Gasteiger partial charge >= 0.3 is 6.09 Å². The number of carbonyl (C=O) groups is 1. The van der Waals surface area contributed by atoms with Crippen LogP contribution in [0, 0.1) is 13.0 Å². The largest absolute Gasteiger partial charge is 0.464 e. The lowest BCUT2D eigenvalue weighted by Gasteiger charge is -1.99. The molecule has 1 N–H and O–H groups in total. The number of aryl methyl sites for hydroxylation is 1. The number of aromatic nitrogens is 1. The maximum Gasteiger partial charge on any atom is 0.416 e. The summed E-state index contributed by atoms with van der Waals surface area (Å²) in [5.74, 6) is 0. The Morgan fingerprint density at radius 1 is 1.62 bits per heavy atom. The van der Waals surface area contributed by atoms with Gasteiger partial charge in [-0.25, -0.2) is 4.79 Å². The Balaban J connectivity index is 2.86. The number of carboxylic acid groups (broad SMARTS) is 1. The zero-order valence-corrected chi connectivity index (χ0v) is 7.11. The number of benzene rings is 1. The van der Waals surface area contributed by atoms with Crippen molar-refractivity contribution in [2.45, 2.75) is 6.92 Å². The first-order valence-electron chi connectivity index (χ1n) is 3.91. The smallest absolute Gasteiger partial charge is 0.416 e. The van der Waals surface area contributed by atoms with Gasteiger partial charge in [0, 0.05) is 11.1 Å². The Bertz CT molecular complexity index is 471. The third kappa shape index (κ3) is 1.09. The van der Waals surface area contributed by atoms with Crippen LogP contribution in [-0.2, 0) is 0 Å². The summed E-state index contributed by atoms with van der Waals surface area (Å²) >= 11 is 0. The van der Waals surface area contributed by atoms with Gasteiger partial charge in [0.25, 0.3) is 0 Å². The van der Waals surface area contributed by atoms with Crippen molar-refractivity contribution in [2.75, 3.05) is 0 Å². The van der Waals surface area contributed by atoms with E-state index in [4.69, 9.17) is 5.11 Å². The summed E-state index contributed by atoms with van der Waals surface area (Å²) in [6, 6.07) is 9.98. The molecule has 13 heavy (non-hydrogen) atoms. The van der Waals surface area contributed by atoms with Crippen molar-refractivity contribution in [3.05, 3.63) is 36.0 Å². The topological polar surface area (TPSA) is 42.2 Å². The molecule has 0 unspecified atom stereocenters. The van der Waals surface area contributed by atoms with Crippen molar-refractivity contribution in [2.24, 2.45) is 0 Å². The second-order valence-corrected chi connectivity index (χ2v) is 2.89. The Kier molecular flexibility index (Phi) is 1.59. The van der Waals surface area contributed by atoms with Gasteiger partial charge in [0.2, 0.25) is 0 Å². The van der Waals surface area contributed by atoms with Gasteiger partial charge in [0.1, 0.15) is 0 Å². The molecule has 0 spiro atoms. The first kappa shape index (κ1) is 7.86. The number of nitrogens with zero attached hydrogens (tertiary/aromatic N) is 1. The van der Waals surface area contributed by atoms with Crippen molar-refractivity contribution < 1.29 is 9.90 Å². The van der Waals surface area contributed by atoms with Gasteiger partial charge in [-0.15, -0.1) is 0 Å². The second kappa shape index (κ2) is 2.62. The molecule has 1 radical (unpaired) electrons. The van der Waals surface area contributed by atoms with Crippen LogP contribution in [0.15, 0.2) is 24.3 Å². The van der Waals surface area contributed by atoms with E-state index in [1.54, 1.807) is 25.1 Å². The molecule has 2 rings (SSSR count). The molecule has 3 nitrogen and oxygen atoms in total. The van der Waals surface area contributed by atoms with Gasteiger partial charge in [-0.2, -0.15) is 0 Å². The molecule has 0 saturated heterocycles. The minimum absolute atomic E-state index is 0.712. The van der Waals surface area contributed by atoms with E-state index < -0.39 is 6.09 Å². The molecule has 0 fully saturated rings. The number of hydrogen-bond donors (Lipinski definition) is 1. The third-order valence-electron chi connectivity index (χ3n) is 2.02. The summed E-state index contributed by atoms with van der Waals surface area (Å²) in [6.07, 6.45) is -0.946. The molecule has 65 valence electrons. The van der Waals surface area contributed by atoms with Gasteiger partial charge in [0.15, 0.2) is 0 Å². The minimum Gasteiger partial charge on any atom is -0.464 e. The van der Waals surface area contributed by atoms with Crippen LogP contribution in [0.2, 0.25) is 0 Å². The van der Waals surface area contributed by atoms with Gasteiger partial charge in [-0.05, 0) is 31.2 Å². The Labute approximate surface area is 75.2 Å². The summed E-state index contributed by atoms with van der Waals surface area (Å²) in [5.41, 5.74) is 1.44. The van der Waals surface area contributed by atoms with E-state index in [0.29, 0.717) is 5.52 Å². The lowest BCUT2D eigenvalue weighted by molar-refractivity contribution is 0.197. The predicted octanol–water partition coefficient (Wildman–Crippen LogP) is 2.28. The number of hydrogen-bond acceptors (Lipinski definition) is 1. The monoisotopic (exact) mass is 174 g/mol. The van der Waals surface area contributed by atoms with Crippen LogP contribution >= 0.6 is 0 Å². The molecule has 1 aromatic carbocycles. The van der Waals surface area contributed by atoms with E-state index in [1.165, 1.54) is 4.57 Å². The van der Waals surface area contributed by atoms with Crippen molar-refractivity contribution in [1.29, 1.82) is 0 Å². The van der Waals surface area contributed by atoms with Gasteiger partial charge in [-0.3, -0.25) is 4.57 Å². The fourth-order valence-electron chi connectivity index (χ4n) is 1.49. The van der Waals surface area contributed by atoms with Crippen LogP contribution in [-0.4, -0.2) is 15.8 Å². The van der Waals surface area contributed by atoms with Crippen LogP contribution in [0.25, 0.3) is 10.9 Å². The molecule has 1 heterocycles.